The lowest BCUT2D eigenvalue weighted by Crippen LogP contribution is -2.14. The van der Waals surface area contributed by atoms with Gasteiger partial charge in [-0.05, 0) is 31.5 Å². The summed E-state index contributed by atoms with van der Waals surface area (Å²) in [5, 5.41) is 13.7. The van der Waals surface area contributed by atoms with Gasteiger partial charge in [-0.1, -0.05) is 12.1 Å². The molecule has 19 heavy (non-hydrogen) atoms. The molecule has 0 fully saturated rings. The summed E-state index contributed by atoms with van der Waals surface area (Å²) in [6.07, 6.45) is 2.11. The summed E-state index contributed by atoms with van der Waals surface area (Å²) in [5.74, 6) is 0.464. The zero-order chi connectivity index (χ0) is 13.8. The molecular formula is C14H18FN3O. The number of aliphatic hydroxyl groups is 1. The maximum atomic E-state index is 12.9. The number of hydrogen-bond acceptors (Lipinski definition) is 3. The molecule has 1 heterocycles. The Labute approximate surface area is 111 Å². The predicted molar refractivity (Wildman–Crippen MR) is 70.3 cm³/mol. The van der Waals surface area contributed by atoms with Crippen LogP contribution in [0.5, 0.6) is 0 Å². The SMILES string of the molecule is CC(C)n1ncnc1CC(CO)c1ccc(F)cc1. The van der Waals surface area contributed by atoms with Crippen LogP contribution in [-0.4, -0.2) is 26.5 Å². The Bertz CT molecular complexity index is 522. The molecule has 1 aromatic carbocycles. The van der Waals surface area contributed by atoms with Gasteiger partial charge in [-0.2, -0.15) is 5.10 Å². The molecule has 0 saturated carbocycles. The van der Waals surface area contributed by atoms with Crippen LogP contribution in [0.3, 0.4) is 0 Å². The predicted octanol–water partition coefficient (Wildman–Crippen LogP) is 2.32. The van der Waals surface area contributed by atoms with Crippen molar-refractivity contribution < 1.29 is 9.50 Å². The van der Waals surface area contributed by atoms with E-state index in [1.807, 2.05) is 18.5 Å². The van der Waals surface area contributed by atoms with E-state index in [2.05, 4.69) is 10.1 Å². The largest absolute Gasteiger partial charge is 0.396 e. The van der Waals surface area contributed by atoms with Gasteiger partial charge in [-0.25, -0.2) is 14.1 Å². The Morgan fingerprint density at radius 2 is 1.95 bits per heavy atom. The average molecular weight is 263 g/mol. The van der Waals surface area contributed by atoms with Crippen molar-refractivity contribution in [1.29, 1.82) is 0 Å². The van der Waals surface area contributed by atoms with Crippen LogP contribution in [0, 0.1) is 5.82 Å². The molecule has 0 bridgehead atoms. The smallest absolute Gasteiger partial charge is 0.138 e. The van der Waals surface area contributed by atoms with Crippen molar-refractivity contribution in [3.05, 3.63) is 47.8 Å². The van der Waals surface area contributed by atoms with E-state index in [4.69, 9.17) is 0 Å². The highest BCUT2D eigenvalue weighted by Gasteiger charge is 2.16. The van der Waals surface area contributed by atoms with Crippen molar-refractivity contribution in [2.75, 3.05) is 6.61 Å². The lowest BCUT2D eigenvalue weighted by molar-refractivity contribution is 0.261. The van der Waals surface area contributed by atoms with E-state index in [0.29, 0.717) is 6.42 Å². The van der Waals surface area contributed by atoms with Crippen molar-refractivity contribution in [1.82, 2.24) is 14.8 Å². The number of aliphatic hydroxyl groups excluding tert-OH is 1. The van der Waals surface area contributed by atoms with Crippen LogP contribution >= 0.6 is 0 Å². The van der Waals surface area contributed by atoms with Crippen molar-refractivity contribution in [2.24, 2.45) is 0 Å². The van der Waals surface area contributed by atoms with Crippen molar-refractivity contribution in [3.63, 3.8) is 0 Å². The van der Waals surface area contributed by atoms with Gasteiger partial charge in [-0.15, -0.1) is 0 Å². The van der Waals surface area contributed by atoms with Crippen LogP contribution in [0.2, 0.25) is 0 Å². The van der Waals surface area contributed by atoms with Gasteiger partial charge in [0, 0.05) is 18.4 Å². The van der Waals surface area contributed by atoms with Crippen molar-refractivity contribution >= 4 is 0 Å². The van der Waals surface area contributed by atoms with Gasteiger partial charge < -0.3 is 5.11 Å². The minimum Gasteiger partial charge on any atom is -0.396 e. The fourth-order valence-electron chi connectivity index (χ4n) is 2.09. The standard InChI is InChI=1S/C14H18FN3O/c1-10(2)18-14(16-9-17-18)7-12(8-19)11-3-5-13(15)6-4-11/h3-6,9-10,12,19H,7-8H2,1-2H3. The zero-order valence-corrected chi connectivity index (χ0v) is 11.1. The number of benzene rings is 1. The molecule has 2 rings (SSSR count). The Morgan fingerprint density at radius 3 is 2.53 bits per heavy atom. The van der Waals surface area contributed by atoms with Gasteiger partial charge in [0.1, 0.15) is 18.0 Å². The van der Waals surface area contributed by atoms with Crippen molar-refractivity contribution in [2.45, 2.75) is 32.2 Å². The summed E-state index contributed by atoms with van der Waals surface area (Å²) in [5.41, 5.74) is 0.905. The summed E-state index contributed by atoms with van der Waals surface area (Å²) in [7, 11) is 0. The minimum absolute atomic E-state index is 0.00339. The molecule has 0 spiro atoms. The first-order valence-electron chi connectivity index (χ1n) is 6.36. The normalized spacial score (nSPS) is 12.9. The summed E-state index contributed by atoms with van der Waals surface area (Å²) >= 11 is 0. The van der Waals surface area contributed by atoms with E-state index in [1.165, 1.54) is 18.5 Å². The van der Waals surface area contributed by atoms with Gasteiger partial charge in [0.25, 0.3) is 0 Å². The van der Waals surface area contributed by atoms with Gasteiger partial charge in [0.15, 0.2) is 0 Å². The second kappa shape index (κ2) is 5.93. The molecule has 0 aliphatic heterocycles. The van der Waals surface area contributed by atoms with Gasteiger partial charge in [0.2, 0.25) is 0 Å². The Kier molecular flexibility index (Phi) is 4.27. The second-order valence-electron chi connectivity index (χ2n) is 4.85. The molecule has 0 amide bonds. The van der Waals surface area contributed by atoms with Crippen LogP contribution < -0.4 is 0 Å². The van der Waals surface area contributed by atoms with Gasteiger partial charge >= 0.3 is 0 Å². The monoisotopic (exact) mass is 263 g/mol. The molecule has 2 aromatic rings. The van der Waals surface area contributed by atoms with E-state index in [9.17, 15) is 9.50 Å². The Morgan fingerprint density at radius 1 is 1.26 bits per heavy atom. The third-order valence-electron chi connectivity index (χ3n) is 3.13. The molecule has 0 saturated heterocycles. The maximum absolute atomic E-state index is 12.9. The molecule has 1 atom stereocenters. The molecule has 5 heteroatoms. The molecular weight excluding hydrogens is 245 g/mol. The summed E-state index contributed by atoms with van der Waals surface area (Å²) < 4.78 is 14.8. The third kappa shape index (κ3) is 3.17. The Balaban J connectivity index is 2.19. The van der Waals surface area contributed by atoms with E-state index in [-0.39, 0.29) is 24.4 Å². The number of halogens is 1. The van der Waals surface area contributed by atoms with Crippen LogP contribution in [-0.2, 0) is 6.42 Å². The van der Waals surface area contributed by atoms with E-state index in [1.54, 1.807) is 12.1 Å². The second-order valence-corrected chi connectivity index (χ2v) is 4.85. The maximum Gasteiger partial charge on any atom is 0.138 e. The topological polar surface area (TPSA) is 50.9 Å². The molecule has 4 nitrogen and oxygen atoms in total. The highest BCUT2D eigenvalue weighted by Crippen LogP contribution is 2.21. The quantitative estimate of drug-likeness (QED) is 0.900. The zero-order valence-electron chi connectivity index (χ0n) is 11.1. The van der Waals surface area contributed by atoms with Crippen LogP contribution in [0.4, 0.5) is 4.39 Å². The third-order valence-corrected chi connectivity index (χ3v) is 3.13. The highest BCUT2D eigenvalue weighted by molar-refractivity contribution is 5.21. The van der Waals surface area contributed by atoms with Crippen molar-refractivity contribution in [3.8, 4) is 0 Å². The number of aromatic nitrogens is 3. The molecule has 1 aromatic heterocycles. The van der Waals surface area contributed by atoms with Crippen LogP contribution in [0.25, 0.3) is 0 Å². The first kappa shape index (κ1) is 13.7. The molecule has 1 N–H and O–H groups in total. The fourth-order valence-corrected chi connectivity index (χ4v) is 2.09. The van der Waals surface area contributed by atoms with E-state index < -0.39 is 0 Å². The summed E-state index contributed by atoms with van der Waals surface area (Å²) in [4.78, 5) is 4.23. The molecule has 0 radical (unpaired) electrons. The number of nitrogens with zero attached hydrogens (tertiary/aromatic N) is 3. The molecule has 1 unspecified atom stereocenters. The molecule has 0 aliphatic carbocycles. The van der Waals surface area contributed by atoms with Crippen LogP contribution in [0.1, 0.15) is 37.2 Å². The Hall–Kier alpha value is -1.75. The molecule has 0 aliphatic rings. The lowest BCUT2D eigenvalue weighted by Gasteiger charge is -2.16. The summed E-state index contributed by atoms with van der Waals surface area (Å²) in [6, 6.07) is 6.44. The van der Waals surface area contributed by atoms with E-state index in [0.717, 1.165) is 11.4 Å². The van der Waals surface area contributed by atoms with E-state index >= 15 is 0 Å². The summed E-state index contributed by atoms with van der Waals surface area (Å²) in [6.45, 7) is 4.06. The fraction of sp³-hybridized carbons (Fsp3) is 0.429. The molecule has 102 valence electrons. The first-order valence-corrected chi connectivity index (χ1v) is 6.36. The highest BCUT2D eigenvalue weighted by atomic mass is 19.1. The number of rotatable bonds is 5. The van der Waals surface area contributed by atoms with Gasteiger partial charge in [0.05, 0.1) is 6.61 Å². The first-order chi connectivity index (χ1) is 9.11. The number of hydrogen-bond donors (Lipinski definition) is 1. The average Bonchev–Trinajstić information content (AvgIpc) is 2.85. The minimum atomic E-state index is -0.272. The lowest BCUT2D eigenvalue weighted by atomic mass is 9.96. The van der Waals surface area contributed by atoms with Crippen LogP contribution in [0.15, 0.2) is 30.6 Å². The van der Waals surface area contributed by atoms with Gasteiger partial charge in [-0.3, -0.25) is 0 Å².